The summed E-state index contributed by atoms with van der Waals surface area (Å²) in [5.41, 5.74) is 10.6. The van der Waals surface area contributed by atoms with Gasteiger partial charge in [-0.05, 0) is 76.0 Å². The molecule has 60 heavy (non-hydrogen) atoms. The highest BCUT2D eigenvalue weighted by Gasteiger charge is 2.19. The summed E-state index contributed by atoms with van der Waals surface area (Å²) in [6, 6.07) is 73.4. The molecule has 0 aliphatic rings. The van der Waals surface area contributed by atoms with E-state index < -0.39 is 0 Å². The first-order valence-electron chi connectivity index (χ1n) is 20.2. The maximum absolute atomic E-state index is 5.30. The monoisotopic (exact) mass is 782 g/mol. The van der Waals surface area contributed by atoms with E-state index in [0.29, 0.717) is 17.5 Å². The number of hydrogen-bond acceptors (Lipinski definition) is 4. The van der Waals surface area contributed by atoms with Crippen LogP contribution < -0.4 is 0 Å². The molecule has 0 saturated heterocycles. The molecule has 0 aliphatic heterocycles. The molecule has 0 spiro atoms. The highest BCUT2D eigenvalue weighted by Crippen LogP contribution is 2.40. The van der Waals surface area contributed by atoms with E-state index >= 15 is 0 Å². The van der Waals surface area contributed by atoms with Crippen molar-refractivity contribution in [3.05, 3.63) is 206 Å². The van der Waals surface area contributed by atoms with Crippen LogP contribution in [0.25, 0.3) is 115 Å². The highest BCUT2D eigenvalue weighted by atomic mass is 32.1. The number of hydrogen-bond donors (Lipinski definition) is 0. The Morgan fingerprint density at radius 2 is 0.850 bits per heavy atom. The lowest BCUT2D eigenvalue weighted by molar-refractivity contribution is 1.07. The van der Waals surface area contributed by atoms with Crippen LogP contribution in [-0.4, -0.2) is 19.5 Å². The molecule has 0 radical (unpaired) electrons. The minimum absolute atomic E-state index is 0.612. The molecule has 0 aliphatic carbocycles. The molecule has 0 amide bonds. The van der Waals surface area contributed by atoms with Crippen molar-refractivity contribution in [2.24, 2.45) is 0 Å². The summed E-state index contributed by atoms with van der Waals surface area (Å²) < 4.78 is 4.98. The summed E-state index contributed by atoms with van der Waals surface area (Å²) >= 11 is 1.84. The molecule has 0 N–H and O–H groups in total. The van der Waals surface area contributed by atoms with Gasteiger partial charge in [0.25, 0.3) is 0 Å². The number of nitrogens with zero attached hydrogens (tertiary/aromatic N) is 4. The number of benzene rings is 9. The van der Waals surface area contributed by atoms with Crippen LogP contribution in [-0.2, 0) is 0 Å². The topological polar surface area (TPSA) is 43.6 Å². The lowest BCUT2D eigenvalue weighted by atomic mass is 10.00. The Hall–Kier alpha value is -7.73. The van der Waals surface area contributed by atoms with E-state index in [-0.39, 0.29) is 0 Å². The Morgan fingerprint density at radius 1 is 0.317 bits per heavy atom. The quantitative estimate of drug-likeness (QED) is 0.169. The van der Waals surface area contributed by atoms with Crippen LogP contribution in [0.4, 0.5) is 0 Å². The number of aromatic nitrogens is 4. The Balaban J connectivity index is 1.07. The summed E-state index contributed by atoms with van der Waals surface area (Å²) in [6.07, 6.45) is 0. The lowest BCUT2D eigenvalue weighted by Gasteiger charge is -2.16. The van der Waals surface area contributed by atoms with Crippen LogP contribution in [0.15, 0.2) is 206 Å². The van der Waals surface area contributed by atoms with Crippen molar-refractivity contribution in [2.45, 2.75) is 0 Å². The molecule has 280 valence electrons. The molecule has 4 nitrogen and oxygen atoms in total. The van der Waals surface area contributed by atoms with Gasteiger partial charge in [0.1, 0.15) is 0 Å². The average molecular weight is 783 g/mol. The van der Waals surface area contributed by atoms with Crippen LogP contribution in [0.3, 0.4) is 0 Å². The third-order valence-corrected chi connectivity index (χ3v) is 12.8. The number of para-hydroxylation sites is 2. The second-order valence-electron chi connectivity index (χ2n) is 15.2. The van der Waals surface area contributed by atoms with Gasteiger partial charge in [0.2, 0.25) is 0 Å². The van der Waals surface area contributed by atoms with Crippen molar-refractivity contribution in [1.82, 2.24) is 19.5 Å². The summed E-state index contributed by atoms with van der Waals surface area (Å²) in [7, 11) is 0. The highest BCUT2D eigenvalue weighted by molar-refractivity contribution is 7.25. The molecule has 0 atom stereocenters. The van der Waals surface area contributed by atoms with Gasteiger partial charge in [-0.25, -0.2) is 15.0 Å². The Morgan fingerprint density at radius 3 is 1.62 bits per heavy atom. The van der Waals surface area contributed by atoms with Crippen molar-refractivity contribution >= 4 is 64.1 Å². The smallest absolute Gasteiger partial charge is 0.164 e. The van der Waals surface area contributed by atoms with Gasteiger partial charge >= 0.3 is 0 Å². The first kappa shape index (κ1) is 34.3. The minimum Gasteiger partial charge on any atom is -0.309 e. The number of fused-ring (bicyclic) bond motifs is 7. The molecule has 12 aromatic rings. The van der Waals surface area contributed by atoms with E-state index in [2.05, 4.69) is 211 Å². The Labute approximate surface area is 350 Å². The minimum atomic E-state index is 0.612. The van der Waals surface area contributed by atoms with Gasteiger partial charge in [-0.15, -0.1) is 11.3 Å². The molecule has 3 aromatic heterocycles. The fraction of sp³-hybridized carbons (Fsp3) is 0. The van der Waals surface area contributed by atoms with Crippen molar-refractivity contribution < 1.29 is 0 Å². The second-order valence-corrected chi connectivity index (χ2v) is 16.3. The standard InChI is InChI=1S/C55H34N4S/c1-2-14-36(15-3-1)43-29-27-42(34-50(43)59-48-22-9-6-19-44(48)45-20-7-10-23-49(45)59)55-57-53(56-54(58-55)41-26-25-35-13-4-5-16-37(35)31-41)40-18-12-17-38(32-40)39-28-30-52-47(33-39)46-21-8-11-24-51(46)60-52/h1-34H. The summed E-state index contributed by atoms with van der Waals surface area (Å²) in [6.45, 7) is 0. The van der Waals surface area contributed by atoms with Gasteiger partial charge in [-0.2, -0.15) is 0 Å². The largest absolute Gasteiger partial charge is 0.309 e. The first-order chi connectivity index (χ1) is 29.7. The third kappa shape index (κ3) is 5.78. The maximum Gasteiger partial charge on any atom is 0.164 e. The molecule has 0 saturated carbocycles. The zero-order valence-corrected chi connectivity index (χ0v) is 33.1. The van der Waals surface area contributed by atoms with E-state index in [1.54, 1.807) is 0 Å². The fourth-order valence-corrected chi connectivity index (χ4v) is 9.82. The van der Waals surface area contributed by atoms with Crippen LogP contribution in [0.1, 0.15) is 0 Å². The second kappa shape index (κ2) is 14.0. The SMILES string of the molecule is c1ccc(-c2ccc(-c3nc(-c4cccc(-c5ccc6sc7ccccc7c6c5)c4)nc(-c4ccc5ccccc5c4)n3)cc2-n2c3ccccc3c3ccccc32)cc1. The van der Waals surface area contributed by atoms with Gasteiger partial charge in [0.15, 0.2) is 17.5 Å². The summed E-state index contributed by atoms with van der Waals surface area (Å²) in [5.74, 6) is 1.86. The third-order valence-electron chi connectivity index (χ3n) is 11.6. The molecule has 0 unspecified atom stereocenters. The van der Waals surface area contributed by atoms with E-state index in [1.165, 1.54) is 36.3 Å². The Bertz CT molecular complexity index is 3570. The fourth-order valence-electron chi connectivity index (χ4n) is 8.73. The van der Waals surface area contributed by atoms with Crippen LogP contribution >= 0.6 is 11.3 Å². The average Bonchev–Trinajstić information content (AvgIpc) is 3.87. The maximum atomic E-state index is 5.30. The zero-order chi connectivity index (χ0) is 39.6. The molecular weight excluding hydrogens is 749 g/mol. The predicted molar refractivity (Wildman–Crippen MR) is 252 cm³/mol. The first-order valence-corrected chi connectivity index (χ1v) is 21.0. The molecule has 0 bridgehead atoms. The molecule has 0 fully saturated rings. The molecule has 12 rings (SSSR count). The van der Waals surface area contributed by atoms with Crippen LogP contribution in [0.5, 0.6) is 0 Å². The van der Waals surface area contributed by atoms with Crippen molar-refractivity contribution in [1.29, 1.82) is 0 Å². The van der Waals surface area contributed by atoms with Crippen molar-refractivity contribution in [3.8, 4) is 62.1 Å². The van der Waals surface area contributed by atoms with E-state index in [0.717, 1.165) is 61.1 Å². The van der Waals surface area contributed by atoms with Crippen molar-refractivity contribution in [3.63, 3.8) is 0 Å². The van der Waals surface area contributed by atoms with E-state index in [9.17, 15) is 0 Å². The Kier molecular flexibility index (Phi) is 8.00. The van der Waals surface area contributed by atoms with E-state index in [1.807, 2.05) is 11.3 Å². The van der Waals surface area contributed by atoms with Gasteiger partial charge < -0.3 is 4.57 Å². The molecule has 5 heteroatoms. The molecule has 3 heterocycles. The van der Waals surface area contributed by atoms with Gasteiger partial charge in [0.05, 0.1) is 16.7 Å². The van der Waals surface area contributed by atoms with Crippen molar-refractivity contribution in [2.75, 3.05) is 0 Å². The molecule has 9 aromatic carbocycles. The van der Waals surface area contributed by atoms with Gasteiger partial charge in [-0.1, -0.05) is 158 Å². The van der Waals surface area contributed by atoms with Gasteiger partial charge in [-0.3, -0.25) is 0 Å². The van der Waals surface area contributed by atoms with Crippen LogP contribution in [0.2, 0.25) is 0 Å². The number of thiophene rings is 1. The van der Waals surface area contributed by atoms with E-state index in [4.69, 9.17) is 15.0 Å². The number of rotatable bonds is 6. The summed E-state index contributed by atoms with van der Waals surface area (Å²) in [4.78, 5) is 15.8. The van der Waals surface area contributed by atoms with Crippen LogP contribution in [0, 0.1) is 0 Å². The van der Waals surface area contributed by atoms with Gasteiger partial charge in [0, 0.05) is 53.2 Å². The molecular formula is C55H34N4S. The zero-order valence-electron chi connectivity index (χ0n) is 32.3. The predicted octanol–water partition coefficient (Wildman–Crippen LogP) is 14.8. The lowest BCUT2D eigenvalue weighted by Crippen LogP contribution is -2.02. The normalized spacial score (nSPS) is 11.7. The summed E-state index contributed by atoms with van der Waals surface area (Å²) in [5, 5.41) is 7.30.